The standard InChI is InChI=1S/C9H12N4O/c1-7(10)9(8-3-2-4-14-8)13-6-11-5-12-13/h2-7,9H,10H2,1H3. The van der Waals surface area contributed by atoms with Crippen LogP contribution < -0.4 is 5.73 Å². The first-order chi connectivity index (χ1) is 6.79. The highest BCUT2D eigenvalue weighted by Gasteiger charge is 2.21. The Morgan fingerprint density at radius 1 is 1.57 bits per heavy atom. The van der Waals surface area contributed by atoms with Gasteiger partial charge < -0.3 is 10.2 Å². The lowest BCUT2D eigenvalue weighted by Gasteiger charge is -2.17. The molecule has 14 heavy (non-hydrogen) atoms. The first-order valence-corrected chi connectivity index (χ1v) is 4.42. The average molecular weight is 192 g/mol. The second-order valence-corrected chi connectivity index (χ2v) is 3.19. The van der Waals surface area contributed by atoms with Gasteiger partial charge in [0.15, 0.2) is 0 Å². The zero-order valence-electron chi connectivity index (χ0n) is 7.87. The monoisotopic (exact) mass is 192 g/mol. The van der Waals surface area contributed by atoms with E-state index in [4.69, 9.17) is 10.2 Å². The molecule has 0 aliphatic heterocycles. The first kappa shape index (κ1) is 8.96. The molecule has 2 atom stereocenters. The molecule has 2 aromatic heterocycles. The van der Waals surface area contributed by atoms with Crippen LogP contribution in [0.4, 0.5) is 0 Å². The molecule has 5 nitrogen and oxygen atoms in total. The maximum absolute atomic E-state index is 5.87. The van der Waals surface area contributed by atoms with E-state index < -0.39 is 0 Å². The molecule has 2 unspecified atom stereocenters. The summed E-state index contributed by atoms with van der Waals surface area (Å²) in [4.78, 5) is 3.89. The molecule has 2 heterocycles. The van der Waals surface area contributed by atoms with E-state index in [0.717, 1.165) is 5.76 Å². The van der Waals surface area contributed by atoms with Crippen molar-refractivity contribution < 1.29 is 4.42 Å². The molecule has 2 N–H and O–H groups in total. The molecule has 0 aromatic carbocycles. The highest BCUT2D eigenvalue weighted by atomic mass is 16.3. The lowest BCUT2D eigenvalue weighted by molar-refractivity contribution is 0.368. The van der Waals surface area contributed by atoms with E-state index in [1.165, 1.54) is 6.33 Å². The van der Waals surface area contributed by atoms with E-state index in [2.05, 4.69) is 10.1 Å². The smallest absolute Gasteiger partial charge is 0.137 e. The second kappa shape index (κ2) is 3.63. The third-order valence-corrected chi connectivity index (χ3v) is 2.05. The van der Waals surface area contributed by atoms with Gasteiger partial charge in [0.2, 0.25) is 0 Å². The maximum atomic E-state index is 5.87. The molecule has 5 heteroatoms. The second-order valence-electron chi connectivity index (χ2n) is 3.19. The molecule has 2 rings (SSSR count). The van der Waals surface area contributed by atoms with Crippen molar-refractivity contribution in [1.29, 1.82) is 0 Å². The number of hydrogen-bond donors (Lipinski definition) is 1. The third kappa shape index (κ3) is 1.54. The number of aromatic nitrogens is 3. The maximum Gasteiger partial charge on any atom is 0.137 e. The van der Waals surface area contributed by atoms with Gasteiger partial charge >= 0.3 is 0 Å². The van der Waals surface area contributed by atoms with E-state index in [0.29, 0.717) is 0 Å². The van der Waals surface area contributed by atoms with E-state index in [9.17, 15) is 0 Å². The molecular formula is C9H12N4O. The van der Waals surface area contributed by atoms with Crippen LogP contribution in [0.5, 0.6) is 0 Å². The predicted octanol–water partition coefficient (Wildman–Crippen LogP) is 0.808. The lowest BCUT2D eigenvalue weighted by atomic mass is 10.1. The highest BCUT2D eigenvalue weighted by Crippen LogP contribution is 2.19. The largest absolute Gasteiger partial charge is 0.467 e. The van der Waals surface area contributed by atoms with Gasteiger partial charge in [-0.15, -0.1) is 0 Å². The minimum Gasteiger partial charge on any atom is -0.467 e. The van der Waals surface area contributed by atoms with Gasteiger partial charge in [-0.05, 0) is 19.1 Å². The number of nitrogens with two attached hydrogens (primary N) is 1. The van der Waals surface area contributed by atoms with Crippen molar-refractivity contribution in [3.63, 3.8) is 0 Å². The quantitative estimate of drug-likeness (QED) is 0.781. The molecule has 0 fully saturated rings. The van der Waals surface area contributed by atoms with Crippen molar-refractivity contribution in [1.82, 2.24) is 14.8 Å². The summed E-state index contributed by atoms with van der Waals surface area (Å²) in [5.74, 6) is 0.797. The van der Waals surface area contributed by atoms with E-state index >= 15 is 0 Å². The fourth-order valence-electron chi connectivity index (χ4n) is 1.45. The summed E-state index contributed by atoms with van der Waals surface area (Å²) in [6, 6.07) is 3.55. The molecule has 0 saturated heterocycles. The molecule has 0 amide bonds. The zero-order valence-corrected chi connectivity index (χ0v) is 7.87. The van der Waals surface area contributed by atoms with Crippen LogP contribution in [0.3, 0.4) is 0 Å². The van der Waals surface area contributed by atoms with Gasteiger partial charge in [0.1, 0.15) is 24.5 Å². The van der Waals surface area contributed by atoms with E-state index in [-0.39, 0.29) is 12.1 Å². The molecule has 0 aliphatic carbocycles. The molecule has 0 bridgehead atoms. The number of furan rings is 1. The van der Waals surface area contributed by atoms with Crippen LogP contribution in [0.2, 0.25) is 0 Å². The van der Waals surface area contributed by atoms with Crippen LogP contribution in [-0.4, -0.2) is 20.8 Å². The van der Waals surface area contributed by atoms with Gasteiger partial charge in [0.25, 0.3) is 0 Å². The summed E-state index contributed by atoms with van der Waals surface area (Å²) < 4.78 is 7.01. The Kier molecular flexibility index (Phi) is 2.32. The molecule has 74 valence electrons. The summed E-state index contributed by atoms with van der Waals surface area (Å²) in [5, 5.41) is 4.06. The topological polar surface area (TPSA) is 69.9 Å². The van der Waals surface area contributed by atoms with Crippen LogP contribution in [-0.2, 0) is 0 Å². The van der Waals surface area contributed by atoms with E-state index in [1.807, 2.05) is 19.1 Å². The minimum absolute atomic E-state index is 0.0807. The number of hydrogen-bond acceptors (Lipinski definition) is 4. The van der Waals surface area contributed by atoms with Crippen LogP contribution in [0.1, 0.15) is 18.7 Å². The molecule has 0 aliphatic rings. The Morgan fingerprint density at radius 3 is 2.93 bits per heavy atom. The highest BCUT2D eigenvalue weighted by molar-refractivity contribution is 5.07. The molecule has 2 aromatic rings. The Hall–Kier alpha value is -1.62. The fourth-order valence-corrected chi connectivity index (χ4v) is 1.45. The van der Waals surface area contributed by atoms with Crippen LogP contribution in [0.25, 0.3) is 0 Å². The van der Waals surface area contributed by atoms with Crippen molar-refractivity contribution in [2.24, 2.45) is 5.73 Å². The average Bonchev–Trinajstić information content (AvgIpc) is 2.75. The van der Waals surface area contributed by atoms with Gasteiger partial charge in [0.05, 0.1) is 6.26 Å². The lowest BCUT2D eigenvalue weighted by Crippen LogP contribution is -2.30. The number of rotatable bonds is 3. The van der Waals surface area contributed by atoms with Crippen molar-refractivity contribution in [2.45, 2.75) is 19.0 Å². The van der Waals surface area contributed by atoms with Crippen molar-refractivity contribution >= 4 is 0 Å². The van der Waals surface area contributed by atoms with Gasteiger partial charge in [-0.2, -0.15) is 5.10 Å². The van der Waals surface area contributed by atoms with Gasteiger partial charge in [-0.3, -0.25) is 0 Å². The predicted molar refractivity (Wildman–Crippen MR) is 50.5 cm³/mol. The summed E-state index contributed by atoms with van der Waals surface area (Å²) in [6.07, 6.45) is 4.75. The third-order valence-electron chi connectivity index (χ3n) is 2.05. The summed E-state index contributed by atoms with van der Waals surface area (Å²) in [7, 11) is 0. The first-order valence-electron chi connectivity index (χ1n) is 4.42. The Labute approximate surface area is 81.5 Å². The SMILES string of the molecule is CC(N)C(c1ccco1)n1cncn1. The van der Waals surface area contributed by atoms with Crippen molar-refractivity contribution in [2.75, 3.05) is 0 Å². The van der Waals surface area contributed by atoms with Crippen LogP contribution in [0, 0.1) is 0 Å². The molecule has 0 saturated carbocycles. The van der Waals surface area contributed by atoms with Crippen LogP contribution in [0.15, 0.2) is 35.5 Å². The van der Waals surface area contributed by atoms with E-state index in [1.54, 1.807) is 17.3 Å². The summed E-state index contributed by atoms with van der Waals surface area (Å²) >= 11 is 0. The van der Waals surface area contributed by atoms with Crippen molar-refractivity contribution in [3.05, 3.63) is 36.8 Å². The zero-order chi connectivity index (χ0) is 9.97. The molecular weight excluding hydrogens is 180 g/mol. The minimum atomic E-state index is -0.0903. The Morgan fingerprint density at radius 2 is 2.43 bits per heavy atom. The van der Waals surface area contributed by atoms with Crippen LogP contribution >= 0.6 is 0 Å². The normalized spacial score (nSPS) is 15.3. The fraction of sp³-hybridized carbons (Fsp3) is 0.333. The summed E-state index contributed by atoms with van der Waals surface area (Å²) in [6.45, 7) is 1.91. The van der Waals surface area contributed by atoms with Gasteiger partial charge in [0, 0.05) is 6.04 Å². The summed E-state index contributed by atoms with van der Waals surface area (Å²) in [5.41, 5.74) is 5.87. The van der Waals surface area contributed by atoms with Crippen molar-refractivity contribution in [3.8, 4) is 0 Å². The molecule has 0 spiro atoms. The molecule has 0 radical (unpaired) electrons. The Bertz CT molecular complexity index is 331. The number of nitrogens with zero attached hydrogens (tertiary/aromatic N) is 3. The van der Waals surface area contributed by atoms with Gasteiger partial charge in [-0.25, -0.2) is 9.67 Å². The van der Waals surface area contributed by atoms with Gasteiger partial charge in [-0.1, -0.05) is 0 Å². The Balaban J connectivity index is 2.35.